The smallest absolute Gasteiger partial charge is 0.244 e. The number of aliphatic imine (C=N–C) groups is 1. The molecule has 148 valence electrons. The Morgan fingerprint density at radius 2 is 2.04 bits per heavy atom. The monoisotopic (exact) mass is 374 g/mol. The summed E-state index contributed by atoms with van der Waals surface area (Å²) in [6, 6.07) is 5.75. The van der Waals surface area contributed by atoms with Crippen molar-refractivity contribution in [3.05, 3.63) is 30.1 Å². The minimum Gasteiger partial charge on any atom is -0.357 e. The maximum absolute atomic E-state index is 12.3. The fourth-order valence-electron chi connectivity index (χ4n) is 2.80. The van der Waals surface area contributed by atoms with Crippen molar-refractivity contribution in [2.24, 2.45) is 4.99 Å². The molecule has 2 heterocycles. The van der Waals surface area contributed by atoms with Gasteiger partial charge in [-0.1, -0.05) is 6.07 Å². The van der Waals surface area contributed by atoms with Crippen LogP contribution < -0.4 is 10.6 Å². The second-order valence-corrected chi connectivity index (χ2v) is 6.52. The number of carbonyl (C=O) groups is 2. The summed E-state index contributed by atoms with van der Waals surface area (Å²) in [5.41, 5.74) is 0.955. The summed E-state index contributed by atoms with van der Waals surface area (Å²) in [7, 11) is 1.76. The number of hydrogen-bond donors (Lipinski definition) is 2. The zero-order valence-corrected chi connectivity index (χ0v) is 16.3. The van der Waals surface area contributed by atoms with Crippen LogP contribution in [0.4, 0.5) is 0 Å². The van der Waals surface area contributed by atoms with Crippen LogP contribution >= 0.6 is 0 Å². The minimum atomic E-state index is -0.0750. The van der Waals surface area contributed by atoms with Crippen LogP contribution in [0.25, 0.3) is 0 Å². The molecular formula is C19H30N6O2. The Balaban J connectivity index is 1.77. The molecule has 0 saturated carbocycles. The Hall–Kier alpha value is -2.64. The molecule has 1 aromatic rings. The summed E-state index contributed by atoms with van der Waals surface area (Å²) in [6.07, 6.45) is 4.59. The lowest BCUT2D eigenvalue weighted by molar-refractivity contribution is -0.129. The number of likely N-dealkylation sites (N-methyl/N-ethyl adjacent to an activating group) is 1. The third-order valence-corrected chi connectivity index (χ3v) is 4.44. The molecule has 0 aromatic carbocycles. The zero-order chi connectivity index (χ0) is 19.5. The number of nitrogens with zero attached hydrogens (tertiary/aromatic N) is 4. The molecule has 1 aliphatic heterocycles. The number of rotatable bonds is 8. The fraction of sp³-hybridized carbons (Fsp3) is 0.579. The van der Waals surface area contributed by atoms with Gasteiger partial charge in [0.2, 0.25) is 11.8 Å². The number of pyridine rings is 1. The van der Waals surface area contributed by atoms with E-state index in [0.717, 1.165) is 31.6 Å². The molecule has 1 fully saturated rings. The Kier molecular flexibility index (Phi) is 8.54. The number of hydrogen-bond acceptors (Lipinski definition) is 4. The summed E-state index contributed by atoms with van der Waals surface area (Å²) < 4.78 is 0. The summed E-state index contributed by atoms with van der Waals surface area (Å²) in [6.45, 7) is 5.07. The molecule has 0 unspecified atom stereocenters. The molecule has 27 heavy (non-hydrogen) atoms. The highest BCUT2D eigenvalue weighted by atomic mass is 16.2. The van der Waals surface area contributed by atoms with E-state index in [0.29, 0.717) is 25.5 Å². The Morgan fingerprint density at radius 1 is 1.26 bits per heavy atom. The van der Waals surface area contributed by atoms with E-state index in [-0.39, 0.29) is 24.9 Å². The lowest BCUT2D eigenvalue weighted by Gasteiger charge is -2.18. The first-order valence-electron chi connectivity index (χ1n) is 9.54. The average Bonchev–Trinajstić information content (AvgIpc) is 3.23. The molecule has 0 bridgehead atoms. The molecule has 0 atom stereocenters. The van der Waals surface area contributed by atoms with Gasteiger partial charge < -0.3 is 20.4 Å². The van der Waals surface area contributed by atoms with Gasteiger partial charge in [-0.05, 0) is 31.9 Å². The fourth-order valence-corrected chi connectivity index (χ4v) is 2.80. The first-order chi connectivity index (χ1) is 13.1. The van der Waals surface area contributed by atoms with Crippen molar-refractivity contribution in [1.82, 2.24) is 25.4 Å². The van der Waals surface area contributed by atoms with Gasteiger partial charge in [-0.15, -0.1) is 0 Å². The molecule has 8 nitrogen and oxygen atoms in total. The maximum atomic E-state index is 12.3. The Bertz CT molecular complexity index is 628. The quantitative estimate of drug-likeness (QED) is 0.503. The van der Waals surface area contributed by atoms with Gasteiger partial charge in [0, 0.05) is 51.5 Å². The number of amides is 2. The van der Waals surface area contributed by atoms with Crippen LogP contribution in [-0.2, 0) is 16.0 Å². The third-order valence-electron chi connectivity index (χ3n) is 4.44. The second-order valence-electron chi connectivity index (χ2n) is 6.52. The van der Waals surface area contributed by atoms with Crippen LogP contribution in [0.5, 0.6) is 0 Å². The van der Waals surface area contributed by atoms with Crippen molar-refractivity contribution in [1.29, 1.82) is 0 Å². The lowest BCUT2D eigenvalue weighted by Crippen LogP contribution is -2.44. The van der Waals surface area contributed by atoms with Crippen molar-refractivity contribution in [2.45, 2.75) is 26.2 Å². The van der Waals surface area contributed by atoms with Gasteiger partial charge in [0.1, 0.15) is 6.54 Å². The highest BCUT2D eigenvalue weighted by molar-refractivity contribution is 5.88. The summed E-state index contributed by atoms with van der Waals surface area (Å²) in [5.74, 6) is 0.474. The first-order valence-corrected chi connectivity index (χ1v) is 9.54. The predicted octanol–water partition coefficient (Wildman–Crippen LogP) is 0.260. The van der Waals surface area contributed by atoms with E-state index in [9.17, 15) is 9.59 Å². The SMILES string of the molecule is CCNC(=NCC(=O)N(C)CCc1ccccn1)NCC(=O)N1CCCC1. The number of aromatic nitrogens is 1. The lowest BCUT2D eigenvalue weighted by atomic mass is 10.2. The minimum absolute atomic E-state index is 0.0337. The molecule has 1 aliphatic rings. The number of carbonyl (C=O) groups excluding carboxylic acids is 2. The largest absolute Gasteiger partial charge is 0.357 e. The van der Waals surface area contributed by atoms with Crippen LogP contribution in [-0.4, -0.2) is 78.9 Å². The van der Waals surface area contributed by atoms with Crippen LogP contribution in [0.1, 0.15) is 25.5 Å². The topological polar surface area (TPSA) is 89.9 Å². The van der Waals surface area contributed by atoms with Crippen molar-refractivity contribution >= 4 is 17.8 Å². The van der Waals surface area contributed by atoms with Gasteiger partial charge in [-0.3, -0.25) is 14.6 Å². The molecule has 2 rings (SSSR count). The molecule has 0 spiro atoms. The third kappa shape index (κ3) is 7.24. The van der Waals surface area contributed by atoms with Gasteiger partial charge in [-0.25, -0.2) is 4.99 Å². The van der Waals surface area contributed by atoms with E-state index in [4.69, 9.17) is 0 Å². The molecule has 2 amide bonds. The van der Waals surface area contributed by atoms with E-state index in [2.05, 4.69) is 20.6 Å². The van der Waals surface area contributed by atoms with Gasteiger partial charge in [0.25, 0.3) is 0 Å². The number of nitrogens with one attached hydrogen (secondary N) is 2. The standard InChI is InChI=1S/C19H30N6O2/c1-3-20-19(23-15-18(27)25-11-6-7-12-25)22-14-17(26)24(2)13-9-16-8-4-5-10-21-16/h4-5,8,10H,3,6-7,9,11-15H2,1-2H3,(H2,20,22,23). The van der Waals surface area contributed by atoms with E-state index >= 15 is 0 Å². The molecule has 0 radical (unpaired) electrons. The van der Waals surface area contributed by atoms with Crippen molar-refractivity contribution in [2.75, 3.05) is 46.3 Å². The Morgan fingerprint density at radius 3 is 2.70 bits per heavy atom. The van der Waals surface area contributed by atoms with Crippen LogP contribution in [0.15, 0.2) is 29.4 Å². The highest BCUT2D eigenvalue weighted by Gasteiger charge is 2.17. The van der Waals surface area contributed by atoms with E-state index in [1.54, 1.807) is 18.1 Å². The summed E-state index contributed by atoms with van der Waals surface area (Å²) in [4.78, 5) is 36.5. The van der Waals surface area contributed by atoms with Crippen molar-refractivity contribution < 1.29 is 9.59 Å². The maximum Gasteiger partial charge on any atom is 0.244 e. The summed E-state index contributed by atoms with van der Waals surface area (Å²) >= 11 is 0. The van der Waals surface area contributed by atoms with Gasteiger partial charge in [-0.2, -0.15) is 0 Å². The average molecular weight is 374 g/mol. The molecule has 8 heteroatoms. The van der Waals surface area contributed by atoms with Gasteiger partial charge in [0.15, 0.2) is 5.96 Å². The summed E-state index contributed by atoms with van der Waals surface area (Å²) in [5, 5.41) is 6.08. The second kappa shape index (κ2) is 11.2. The normalized spacial score (nSPS) is 14.1. The molecule has 1 saturated heterocycles. The van der Waals surface area contributed by atoms with E-state index < -0.39 is 0 Å². The molecule has 2 N–H and O–H groups in total. The molecule has 1 aromatic heterocycles. The molecule has 0 aliphatic carbocycles. The van der Waals surface area contributed by atoms with E-state index in [1.165, 1.54) is 0 Å². The van der Waals surface area contributed by atoms with Crippen molar-refractivity contribution in [3.63, 3.8) is 0 Å². The van der Waals surface area contributed by atoms with Crippen molar-refractivity contribution in [3.8, 4) is 0 Å². The molecular weight excluding hydrogens is 344 g/mol. The first kappa shape index (κ1) is 20.7. The van der Waals surface area contributed by atoms with Crippen LogP contribution in [0, 0.1) is 0 Å². The predicted molar refractivity (Wildman–Crippen MR) is 105 cm³/mol. The van der Waals surface area contributed by atoms with Gasteiger partial charge >= 0.3 is 0 Å². The number of guanidine groups is 1. The van der Waals surface area contributed by atoms with Gasteiger partial charge in [0.05, 0.1) is 6.54 Å². The Labute approximate surface area is 161 Å². The van der Waals surface area contributed by atoms with Crippen LogP contribution in [0.2, 0.25) is 0 Å². The highest BCUT2D eigenvalue weighted by Crippen LogP contribution is 2.06. The van der Waals surface area contributed by atoms with E-state index in [1.807, 2.05) is 30.0 Å². The zero-order valence-electron chi connectivity index (χ0n) is 16.3. The number of likely N-dealkylation sites (tertiary alicyclic amines) is 1. The van der Waals surface area contributed by atoms with Crippen LogP contribution in [0.3, 0.4) is 0 Å².